The molecule has 6 nitrogen and oxygen atoms in total. The van der Waals surface area contributed by atoms with E-state index < -0.39 is 12.0 Å². The average Bonchev–Trinajstić information content (AvgIpc) is 3.59. The molecule has 1 aliphatic rings. The van der Waals surface area contributed by atoms with Crippen molar-refractivity contribution in [1.82, 2.24) is 9.13 Å². The van der Waals surface area contributed by atoms with Gasteiger partial charge in [-0.05, 0) is 40.6 Å². The lowest BCUT2D eigenvalue weighted by atomic mass is 9.95. The summed E-state index contributed by atoms with van der Waals surface area (Å²) in [5.41, 5.74) is 5.69. The van der Waals surface area contributed by atoms with Crippen molar-refractivity contribution in [2.24, 2.45) is 7.05 Å². The summed E-state index contributed by atoms with van der Waals surface area (Å²) in [5.74, 6) is 0.180. The van der Waals surface area contributed by atoms with E-state index in [1.807, 2.05) is 55.6 Å². The Bertz CT molecular complexity index is 2050. The molecule has 0 spiro atoms. The summed E-state index contributed by atoms with van der Waals surface area (Å²) in [6, 6.07) is 31.4. The number of aryl methyl sites for hydroxylation is 1. The highest BCUT2D eigenvalue weighted by atomic mass is 32.2. The molecule has 0 bridgehead atoms. The van der Waals surface area contributed by atoms with Crippen LogP contribution in [0.15, 0.2) is 113 Å². The molecule has 7 rings (SSSR count). The number of para-hydroxylation sites is 1. The lowest BCUT2D eigenvalue weighted by molar-refractivity contribution is -0.140. The summed E-state index contributed by atoms with van der Waals surface area (Å²) in [5, 5.41) is 13.9. The summed E-state index contributed by atoms with van der Waals surface area (Å²) < 4.78 is 9.79. The maximum Gasteiger partial charge on any atom is 0.327 e. The second-order valence-electron chi connectivity index (χ2n) is 10.7. The van der Waals surface area contributed by atoms with Gasteiger partial charge in [0.25, 0.3) is 5.56 Å². The zero-order chi connectivity index (χ0) is 28.8. The normalized spacial score (nSPS) is 14.4. The van der Waals surface area contributed by atoms with Gasteiger partial charge in [0.05, 0.1) is 5.03 Å². The molecule has 2 aromatic heterocycles. The second-order valence-corrected chi connectivity index (χ2v) is 11.7. The van der Waals surface area contributed by atoms with Crippen LogP contribution in [0.1, 0.15) is 22.7 Å². The SMILES string of the molecule is Cn1cc(-c2c(Cc3cccc(COc4cccc5ccccc45)c3)cc(=O)n3c2SC[C@H]3C(=O)O)c2ccccc21. The van der Waals surface area contributed by atoms with E-state index in [4.69, 9.17) is 4.74 Å². The number of aromatic nitrogens is 2. The van der Waals surface area contributed by atoms with Crippen LogP contribution in [0.4, 0.5) is 0 Å². The van der Waals surface area contributed by atoms with E-state index in [1.165, 1.54) is 16.3 Å². The molecule has 42 heavy (non-hydrogen) atoms. The summed E-state index contributed by atoms with van der Waals surface area (Å²) in [7, 11) is 2.01. The number of hydrogen-bond acceptors (Lipinski definition) is 4. The first-order valence-electron chi connectivity index (χ1n) is 13.8. The fourth-order valence-electron chi connectivity index (χ4n) is 6.00. The number of pyridine rings is 1. The molecular formula is C35H28N2O4S. The number of fused-ring (bicyclic) bond motifs is 3. The first-order valence-corrected chi connectivity index (χ1v) is 14.8. The molecule has 0 saturated heterocycles. The molecule has 208 valence electrons. The molecule has 0 unspecified atom stereocenters. The lowest BCUT2D eigenvalue weighted by Crippen LogP contribution is -2.29. The Balaban J connectivity index is 1.28. The molecule has 0 radical (unpaired) electrons. The van der Waals surface area contributed by atoms with Crippen molar-refractivity contribution in [3.05, 3.63) is 130 Å². The topological polar surface area (TPSA) is 73.5 Å². The molecule has 1 atom stereocenters. The number of thioether (sulfide) groups is 1. The van der Waals surface area contributed by atoms with Crippen molar-refractivity contribution in [3.8, 4) is 16.9 Å². The van der Waals surface area contributed by atoms with Crippen molar-refractivity contribution in [2.75, 3.05) is 5.75 Å². The van der Waals surface area contributed by atoms with Gasteiger partial charge in [-0.1, -0.05) is 78.9 Å². The number of benzene rings is 4. The highest BCUT2D eigenvalue weighted by Gasteiger charge is 2.33. The first kappa shape index (κ1) is 26.2. The van der Waals surface area contributed by atoms with Crippen molar-refractivity contribution >= 4 is 39.4 Å². The maximum absolute atomic E-state index is 13.4. The van der Waals surface area contributed by atoms with Crippen molar-refractivity contribution in [3.63, 3.8) is 0 Å². The Hall–Kier alpha value is -4.75. The van der Waals surface area contributed by atoms with Gasteiger partial charge in [0.15, 0.2) is 0 Å². The summed E-state index contributed by atoms with van der Waals surface area (Å²) >= 11 is 1.45. The third-order valence-corrected chi connectivity index (χ3v) is 9.12. The quantitative estimate of drug-likeness (QED) is 0.222. The standard InChI is InChI=1S/C35H28N2O4S/c1-36-19-28(27-13-4-5-14-29(27)36)33-25(18-32(38)37-30(35(39)40)21-42-34(33)37)17-22-8-6-9-23(16-22)20-41-31-15-7-11-24-10-2-3-12-26(24)31/h2-16,18-19,30H,17,20-21H2,1H3,(H,39,40)/t30-/m0/s1. The van der Waals surface area contributed by atoms with Crippen LogP contribution >= 0.6 is 11.8 Å². The van der Waals surface area contributed by atoms with Gasteiger partial charge in [-0.25, -0.2) is 4.79 Å². The van der Waals surface area contributed by atoms with Crippen molar-refractivity contribution in [1.29, 1.82) is 0 Å². The monoisotopic (exact) mass is 572 g/mol. The van der Waals surface area contributed by atoms with Gasteiger partial charge in [-0.2, -0.15) is 0 Å². The lowest BCUT2D eigenvalue weighted by Gasteiger charge is -2.17. The molecular weight excluding hydrogens is 544 g/mol. The minimum absolute atomic E-state index is 0.281. The smallest absolute Gasteiger partial charge is 0.327 e. The van der Waals surface area contributed by atoms with E-state index in [9.17, 15) is 14.7 Å². The van der Waals surface area contributed by atoms with E-state index in [0.717, 1.165) is 60.3 Å². The van der Waals surface area contributed by atoms with Gasteiger partial charge in [0.1, 0.15) is 18.4 Å². The molecule has 6 aromatic rings. The predicted molar refractivity (Wildman–Crippen MR) is 168 cm³/mol. The minimum Gasteiger partial charge on any atom is -0.488 e. The Morgan fingerprint density at radius 2 is 1.67 bits per heavy atom. The number of carboxylic acids is 1. The fraction of sp³-hybridized carbons (Fsp3) is 0.143. The van der Waals surface area contributed by atoms with E-state index in [0.29, 0.717) is 18.8 Å². The van der Waals surface area contributed by atoms with Crippen LogP contribution in [0.5, 0.6) is 5.75 Å². The van der Waals surface area contributed by atoms with Gasteiger partial charge in [-0.15, -0.1) is 11.8 Å². The summed E-state index contributed by atoms with van der Waals surface area (Å²) in [6.07, 6.45) is 2.61. The number of aliphatic carboxylic acids is 1. The molecule has 4 aromatic carbocycles. The van der Waals surface area contributed by atoms with Gasteiger partial charge in [0, 0.05) is 52.5 Å². The van der Waals surface area contributed by atoms with Crippen LogP contribution in [-0.4, -0.2) is 26.0 Å². The predicted octanol–water partition coefficient (Wildman–Crippen LogP) is 7.06. The molecule has 0 saturated carbocycles. The molecule has 0 aliphatic carbocycles. The first-order chi connectivity index (χ1) is 20.5. The summed E-state index contributed by atoms with van der Waals surface area (Å²) in [4.78, 5) is 25.4. The maximum atomic E-state index is 13.4. The molecule has 7 heteroatoms. The van der Waals surface area contributed by atoms with E-state index in [-0.39, 0.29) is 5.56 Å². The van der Waals surface area contributed by atoms with Gasteiger partial charge >= 0.3 is 5.97 Å². The van der Waals surface area contributed by atoms with Gasteiger partial charge < -0.3 is 14.4 Å². The number of rotatable bonds is 7. The third kappa shape index (κ3) is 4.56. The third-order valence-electron chi connectivity index (χ3n) is 7.96. The van der Waals surface area contributed by atoms with Crippen LogP contribution in [0.25, 0.3) is 32.8 Å². The molecule has 0 fully saturated rings. The van der Waals surface area contributed by atoms with Gasteiger partial charge in [0.2, 0.25) is 0 Å². The van der Waals surface area contributed by atoms with E-state index in [2.05, 4.69) is 53.2 Å². The zero-order valence-corrected chi connectivity index (χ0v) is 23.8. The highest BCUT2D eigenvalue weighted by molar-refractivity contribution is 7.99. The van der Waals surface area contributed by atoms with Crippen LogP contribution in [0.3, 0.4) is 0 Å². The number of carbonyl (C=O) groups is 1. The van der Waals surface area contributed by atoms with E-state index >= 15 is 0 Å². The Kier molecular flexibility index (Phi) is 6.59. The largest absolute Gasteiger partial charge is 0.488 e. The Labute approximate surface area is 246 Å². The number of carboxylic acid groups (broad SMARTS) is 1. The minimum atomic E-state index is -0.987. The molecule has 3 heterocycles. The Morgan fingerprint density at radius 1 is 0.929 bits per heavy atom. The van der Waals surface area contributed by atoms with Crippen LogP contribution in [0.2, 0.25) is 0 Å². The molecule has 1 aliphatic heterocycles. The van der Waals surface area contributed by atoms with E-state index in [1.54, 1.807) is 6.07 Å². The summed E-state index contributed by atoms with van der Waals surface area (Å²) in [6.45, 7) is 0.418. The Morgan fingerprint density at radius 3 is 2.52 bits per heavy atom. The van der Waals surface area contributed by atoms with Crippen LogP contribution in [-0.2, 0) is 24.9 Å². The number of hydrogen-bond donors (Lipinski definition) is 1. The number of nitrogens with zero attached hydrogens (tertiary/aromatic N) is 2. The molecule has 0 amide bonds. The van der Waals surface area contributed by atoms with Crippen molar-refractivity contribution < 1.29 is 14.6 Å². The van der Waals surface area contributed by atoms with Crippen molar-refractivity contribution in [2.45, 2.75) is 24.1 Å². The van der Waals surface area contributed by atoms with Gasteiger partial charge in [-0.3, -0.25) is 9.36 Å². The fourth-order valence-corrected chi connectivity index (χ4v) is 7.35. The van der Waals surface area contributed by atoms with Crippen LogP contribution < -0.4 is 10.3 Å². The second kappa shape index (κ2) is 10.6. The molecule has 1 N–H and O–H groups in total. The number of ether oxygens (including phenoxy) is 1. The van der Waals surface area contributed by atoms with Crippen LogP contribution in [0, 0.1) is 0 Å². The highest BCUT2D eigenvalue weighted by Crippen LogP contribution is 2.44. The average molecular weight is 573 g/mol. The zero-order valence-electron chi connectivity index (χ0n) is 23.0.